The summed E-state index contributed by atoms with van der Waals surface area (Å²) in [6, 6.07) is 0. The number of β-amino-alcohol motifs (C(OH)–C–C–N with tert-alkyl or cyclic N) is 1. The van der Waals surface area contributed by atoms with Crippen LogP contribution in [0.4, 0.5) is 0 Å². The molecule has 2 saturated heterocycles. The monoisotopic (exact) mass is 356 g/mol. The Bertz CT molecular complexity index is 561. The first-order valence-electron chi connectivity index (χ1n) is 8.52. The van der Waals surface area contributed by atoms with Crippen molar-refractivity contribution >= 4 is 17.5 Å². The van der Waals surface area contributed by atoms with Gasteiger partial charge >= 0.3 is 0 Å². The number of aliphatic hydroxyl groups is 1. The molecule has 1 aromatic rings. The van der Waals surface area contributed by atoms with Crippen molar-refractivity contribution in [3.8, 4) is 0 Å². The fourth-order valence-electron chi connectivity index (χ4n) is 3.41. The van der Waals surface area contributed by atoms with Crippen molar-refractivity contribution in [2.24, 2.45) is 0 Å². The second-order valence-electron chi connectivity index (χ2n) is 6.75. The lowest BCUT2D eigenvalue weighted by Crippen LogP contribution is -2.53. The normalized spacial score (nSPS) is 25.8. The molecule has 1 aromatic heterocycles. The molecule has 134 valence electrons. The average molecular weight is 357 g/mol. The first-order chi connectivity index (χ1) is 11.5. The standard InChI is InChI=1S/C16H25ClN4O3/c17-14-9-18-21(10-14)6-3-15(22)20-7-8-24-13-16(23,12-20)11-19-4-1-2-5-19/h9-10,23H,1-8,11-13H2/t16-/m0/s1. The van der Waals surface area contributed by atoms with Crippen molar-refractivity contribution in [2.75, 3.05) is 45.9 Å². The van der Waals surface area contributed by atoms with E-state index in [1.807, 2.05) is 0 Å². The summed E-state index contributed by atoms with van der Waals surface area (Å²) < 4.78 is 7.22. The summed E-state index contributed by atoms with van der Waals surface area (Å²) in [4.78, 5) is 16.5. The Balaban J connectivity index is 1.55. The fourth-order valence-corrected chi connectivity index (χ4v) is 3.57. The van der Waals surface area contributed by atoms with Gasteiger partial charge in [0.25, 0.3) is 0 Å². The highest BCUT2D eigenvalue weighted by Gasteiger charge is 2.36. The van der Waals surface area contributed by atoms with Crippen LogP contribution in [0.3, 0.4) is 0 Å². The van der Waals surface area contributed by atoms with Crippen LogP contribution in [-0.4, -0.2) is 82.1 Å². The summed E-state index contributed by atoms with van der Waals surface area (Å²) >= 11 is 5.83. The van der Waals surface area contributed by atoms with Crippen LogP contribution in [0.2, 0.25) is 5.02 Å². The van der Waals surface area contributed by atoms with Gasteiger partial charge in [0.1, 0.15) is 5.60 Å². The summed E-state index contributed by atoms with van der Waals surface area (Å²) in [6.07, 6.45) is 5.93. The lowest BCUT2D eigenvalue weighted by molar-refractivity contribution is -0.134. The van der Waals surface area contributed by atoms with Crippen LogP contribution >= 0.6 is 11.6 Å². The number of hydrogen-bond acceptors (Lipinski definition) is 5. The second kappa shape index (κ2) is 7.82. The molecule has 0 saturated carbocycles. The van der Waals surface area contributed by atoms with Crippen molar-refractivity contribution in [1.82, 2.24) is 19.6 Å². The molecule has 2 aliphatic heterocycles. The molecule has 2 aliphatic rings. The van der Waals surface area contributed by atoms with Crippen molar-refractivity contribution in [3.05, 3.63) is 17.4 Å². The van der Waals surface area contributed by atoms with E-state index in [2.05, 4.69) is 10.00 Å². The van der Waals surface area contributed by atoms with Crippen molar-refractivity contribution in [2.45, 2.75) is 31.4 Å². The zero-order valence-electron chi connectivity index (χ0n) is 13.9. The SMILES string of the molecule is O=C(CCn1cc(Cl)cn1)N1CCOC[C@](O)(CN2CCCC2)C1. The highest BCUT2D eigenvalue weighted by Crippen LogP contribution is 2.18. The highest BCUT2D eigenvalue weighted by atomic mass is 35.5. The van der Waals surface area contributed by atoms with Crippen LogP contribution in [0.25, 0.3) is 0 Å². The number of rotatable bonds is 5. The number of halogens is 1. The fraction of sp³-hybridized carbons (Fsp3) is 0.750. The summed E-state index contributed by atoms with van der Waals surface area (Å²) in [5.41, 5.74) is -0.995. The molecule has 1 atom stereocenters. The molecule has 3 rings (SSSR count). The van der Waals surface area contributed by atoms with Crippen LogP contribution in [-0.2, 0) is 16.1 Å². The lowest BCUT2D eigenvalue weighted by atomic mass is 10.0. The predicted octanol–water partition coefficient (Wildman–Crippen LogP) is 0.612. The molecular formula is C16H25ClN4O3. The van der Waals surface area contributed by atoms with Gasteiger partial charge in [-0.25, -0.2) is 0 Å². The van der Waals surface area contributed by atoms with E-state index in [0.29, 0.717) is 44.2 Å². The van der Waals surface area contributed by atoms with E-state index in [9.17, 15) is 9.90 Å². The molecule has 0 spiro atoms. The van der Waals surface area contributed by atoms with Gasteiger partial charge in [0.2, 0.25) is 5.91 Å². The molecule has 8 heteroatoms. The van der Waals surface area contributed by atoms with Crippen LogP contribution in [0.1, 0.15) is 19.3 Å². The van der Waals surface area contributed by atoms with E-state index in [1.165, 1.54) is 12.8 Å². The number of carbonyl (C=O) groups excluding carboxylic acids is 1. The molecular weight excluding hydrogens is 332 g/mol. The minimum atomic E-state index is -0.995. The van der Waals surface area contributed by atoms with Gasteiger partial charge in [0.15, 0.2) is 0 Å². The summed E-state index contributed by atoms with van der Waals surface area (Å²) in [5.74, 6) is 0.00645. The molecule has 0 unspecified atom stereocenters. The third-order valence-electron chi connectivity index (χ3n) is 4.59. The van der Waals surface area contributed by atoms with Gasteiger partial charge in [-0.2, -0.15) is 5.10 Å². The molecule has 3 heterocycles. The maximum absolute atomic E-state index is 12.5. The van der Waals surface area contributed by atoms with Crippen LogP contribution in [0, 0.1) is 0 Å². The summed E-state index contributed by atoms with van der Waals surface area (Å²) in [7, 11) is 0. The maximum atomic E-state index is 12.5. The van der Waals surface area contributed by atoms with Gasteiger partial charge < -0.3 is 19.6 Å². The largest absolute Gasteiger partial charge is 0.384 e. The van der Waals surface area contributed by atoms with E-state index < -0.39 is 5.60 Å². The van der Waals surface area contributed by atoms with E-state index in [-0.39, 0.29) is 12.5 Å². The van der Waals surface area contributed by atoms with E-state index in [0.717, 1.165) is 13.1 Å². The minimum Gasteiger partial charge on any atom is -0.384 e. The topological polar surface area (TPSA) is 70.8 Å². The number of likely N-dealkylation sites (tertiary alicyclic amines) is 1. The van der Waals surface area contributed by atoms with Gasteiger partial charge in [-0.05, 0) is 25.9 Å². The molecule has 0 aromatic carbocycles. The molecule has 24 heavy (non-hydrogen) atoms. The van der Waals surface area contributed by atoms with Crippen molar-refractivity contribution in [1.29, 1.82) is 0 Å². The van der Waals surface area contributed by atoms with Gasteiger partial charge in [0.05, 0.1) is 31.0 Å². The van der Waals surface area contributed by atoms with E-state index in [1.54, 1.807) is 22.0 Å². The van der Waals surface area contributed by atoms with Gasteiger partial charge in [-0.3, -0.25) is 9.48 Å². The van der Waals surface area contributed by atoms with Crippen molar-refractivity contribution in [3.63, 3.8) is 0 Å². The first kappa shape index (κ1) is 17.7. The molecule has 7 nitrogen and oxygen atoms in total. The number of amides is 1. The number of carbonyl (C=O) groups is 1. The number of nitrogens with zero attached hydrogens (tertiary/aromatic N) is 4. The maximum Gasteiger partial charge on any atom is 0.224 e. The highest BCUT2D eigenvalue weighted by molar-refractivity contribution is 6.30. The van der Waals surface area contributed by atoms with Crippen LogP contribution in [0.15, 0.2) is 12.4 Å². The van der Waals surface area contributed by atoms with Gasteiger partial charge in [0, 0.05) is 32.3 Å². The van der Waals surface area contributed by atoms with Crippen molar-refractivity contribution < 1.29 is 14.6 Å². The van der Waals surface area contributed by atoms with Crippen LogP contribution in [0.5, 0.6) is 0 Å². The Kier molecular flexibility index (Phi) is 5.76. The number of aryl methyl sites for hydroxylation is 1. The van der Waals surface area contributed by atoms with Gasteiger partial charge in [-0.15, -0.1) is 0 Å². The zero-order chi connectivity index (χ0) is 17.0. The molecule has 0 radical (unpaired) electrons. The van der Waals surface area contributed by atoms with Gasteiger partial charge in [-0.1, -0.05) is 11.6 Å². The predicted molar refractivity (Wildman–Crippen MR) is 89.9 cm³/mol. The quantitative estimate of drug-likeness (QED) is 0.837. The van der Waals surface area contributed by atoms with E-state index in [4.69, 9.17) is 16.3 Å². The minimum absolute atomic E-state index is 0.00645. The molecule has 1 amide bonds. The smallest absolute Gasteiger partial charge is 0.224 e. The number of hydrogen-bond donors (Lipinski definition) is 1. The Labute approximate surface area is 147 Å². The Morgan fingerprint density at radius 1 is 1.38 bits per heavy atom. The first-order valence-corrected chi connectivity index (χ1v) is 8.90. The molecule has 2 fully saturated rings. The van der Waals surface area contributed by atoms with Crippen LogP contribution < -0.4 is 0 Å². The molecule has 0 bridgehead atoms. The summed E-state index contributed by atoms with van der Waals surface area (Å²) in [6.45, 7) is 4.64. The molecule has 1 N–H and O–H groups in total. The van der Waals surface area contributed by atoms with E-state index >= 15 is 0 Å². The number of ether oxygens (including phenoxy) is 1. The summed E-state index contributed by atoms with van der Waals surface area (Å²) in [5, 5.41) is 15.6. The average Bonchev–Trinajstić information content (AvgIpc) is 3.15. The zero-order valence-corrected chi connectivity index (χ0v) is 14.6. The Hall–Kier alpha value is -1.15. The second-order valence-corrected chi connectivity index (χ2v) is 7.18. The Morgan fingerprint density at radius 2 is 2.17 bits per heavy atom. The Morgan fingerprint density at radius 3 is 2.88 bits per heavy atom. The third kappa shape index (κ3) is 4.69. The third-order valence-corrected chi connectivity index (χ3v) is 4.78. The number of aromatic nitrogens is 2. The molecule has 0 aliphatic carbocycles. The lowest BCUT2D eigenvalue weighted by Gasteiger charge is -2.34.